The summed E-state index contributed by atoms with van der Waals surface area (Å²) < 4.78 is 0. The van der Waals surface area contributed by atoms with Crippen LogP contribution < -0.4 is 5.32 Å². The predicted molar refractivity (Wildman–Crippen MR) is 105 cm³/mol. The molecule has 6 heteroatoms. The quantitative estimate of drug-likeness (QED) is 0.725. The number of hydrogen-bond donors (Lipinski definition) is 2. The summed E-state index contributed by atoms with van der Waals surface area (Å²) in [4.78, 5) is 35.6. The number of para-hydroxylation sites is 1. The minimum Gasteiger partial charge on any atom is -0.338 e. The zero-order valence-electron chi connectivity index (χ0n) is 15.5. The largest absolute Gasteiger partial charge is 0.338 e. The fourth-order valence-electron chi connectivity index (χ4n) is 4.69. The first-order valence-electron chi connectivity index (χ1n) is 9.40. The molecule has 0 radical (unpaired) electrons. The Labute approximate surface area is 162 Å². The van der Waals surface area contributed by atoms with E-state index in [4.69, 9.17) is 0 Å². The van der Waals surface area contributed by atoms with Crippen molar-refractivity contribution in [3.05, 3.63) is 83.4 Å². The minimum absolute atomic E-state index is 0.0429. The zero-order valence-corrected chi connectivity index (χ0v) is 15.5. The van der Waals surface area contributed by atoms with E-state index in [1.54, 1.807) is 6.20 Å². The number of nitrogens with one attached hydrogen (secondary N) is 2. The minimum atomic E-state index is -0.789. The summed E-state index contributed by atoms with van der Waals surface area (Å²) in [5.41, 5.74) is 2.41. The van der Waals surface area contributed by atoms with Gasteiger partial charge in [-0.1, -0.05) is 48.5 Å². The molecule has 1 fully saturated rings. The van der Waals surface area contributed by atoms with Gasteiger partial charge >= 0.3 is 0 Å². The highest BCUT2D eigenvalue weighted by atomic mass is 16.2. The number of benzene rings is 2. The van der Waals surface area contributed by atoms with Crippen LogP contribution in [-0.2, 0) is 10.2 Å². The van der Waals surface area contributed by atoms with Gasteiger partial charge in [0, 0.05) is 12.2 Å². The third kappa shape index (κ3) is 2.24. The third-order valence-electron chi connectivity index (χ3n) is 5.90. The molecule has 3 aromatic rings. The van der Waals surface area contributed by atoms with Crippen molar-refractivity contribution in [3.8, 4) is 0 Å². The Hall–Kier alpha value is -3.41. The number of imidazole rings is 1. The molecular formula is C22H20N4O2. The Morgan fingerprint density at radius 3 is 2.64 bits per heavy atom. The third-order valence-corrected chi connectivity index (χ3v) is 5.90. The molecule has 2 N–H and O–H groups in total. The number of carbonyl (C=O) groups is 2. The number of likely N-dealkylation sites (tertiary alicyclic amines) is 1. The first-order chi connectivity index (χ1) is 13.6. The maximum absolute atomic E-state index is 13.3. The van der Waals surface area contributed by atoms with E-state index >= 15 is 0 Å². The molecule has 28 heavy (non-hydrogen) atoms. The van der Waals surface area contributed by atoms with E-state index in [0.29, 0.717) is 24.5 Å². The fraction of sp³-hybridized carbons (Fsp3) is 0.227. The summed E-state index contributed by atoms with van der Waals surface area (Å²) in [7, 11) is 0. The second kappa shape index (κ2) is 6.05. The van der Waals surface area contributed by atoms with Crippen molar-refractivity contribution in [2.24, 2.45) is 0 Å². The monoisotopic (exact) mass is 372 g/mol. The van der Waals surface area contributed by atoms with Crippen molar-refractivity contribution >= 4 is 17.5 Å². The van der Waals surface area contributed by atoms with E-state index < -0.39 is 5.41 Å². The van der Waals surface area contributed by atoms with Gasteiger partial charge in [-0.2, -0.15) is 0 Å². The van der Waals surface area contributed by atoms with Gasteiger partial charge in [0.25, 0.3) is 5.91 Å². The average Bonchev–Trinajstić information content (AvgIpc) is 3.40. The Kier molecular flexibility index (Phi) is 3.62. The molecule has 1 spiro atoms. The van der Waals surface area contributed by atoms with E-state index in [1.165, 1.54) is 0 Å². The highest BCUT2D eigenvalue weighted by Crippen LogP contribution is 2.54. The van der Waals surface area contributed by atoms with E-state index in [9.17, 15) is 9.59 Å². The number of fused-ring (bicyclic) bond motifs is 2. The molecule has 5 rings (SSSR count). The maximum Gasteiger partial charge on any atom is 0.272 e. The van der Waals surface area contributed by atoms with Crippen molar-refractivity contribution < 1.29 is 9.59 Å². The number of H-pyrrole nitrogens is 1. The number of rotatable bonds is 2. The Morgan fingerprint density at radius 1 is 1.14 bits per heavy atom. The highest BCUT2D eigenvalue weighted by Gasteiger charge is 2.59. The smallest absolute Gasteiger partial charge is 0.272 e. The van der Waals surface area contributed by atoms with Crippen molar-refractivity contribution in [3.63, 3.8) is 0 Å². The summed E-state index contributed by atoms with van der Waals surface area (Å²) in [6.07, 6.45) is 2.14. The molecule has 0 saturated carbocycles. The number of anilines is 1. The number of aromatic nitrogens is 2. The SMILES string of the molecule is Cc1ncc(C(=O)N2CCC3(C(=O)Nc4ccccc43)C2c2ccccc2)[nH]1. The van der Waals surface area contributed by atoms with Gasteiger partial charge in [0.2, 0.25) is 5.91 Å². The van der Waals surface area contributed by atoms with Gasteiger partial charge in [-0.15, -0.1) is 0 Å². The molecule has 2 aliphatic heterocycles. The maximum atomic E-state index is 13.3. The Bertz CT molecular complexity index is 1070. The van der Waals surface area contributed by atoms with Crippen LogP contribution in [0, 0.1) is 6.92 Å². The van der Waals surface area contributed by atoms with Gasteiger partial charge in [0.1, 0.15) is 16.9 Å². The van der Waals surface area contributed by atoms with Gasteiger partial charge in [0.15, 0.2) is 0 Å². The summed E-state index contributed by atoms with van der Waals surface area (Å²) >= 11 is 0. The second-order valence-corrected chi connectivity index (χ2v) is 7.42. The first-order valence-corrected chi connectivity index (χ1v) is 9.40. The van der Waals surface area contributed by atoms with Crippen LogP contribution in [-0.4, -0.2) is 33.2 Å². The number of hydrogen-bond acceptors (Lipinski definition) is 3. The van der Waals surface area contributed by atoms with Gasteiger partial charge in [-0.25, -0.2) is 4.98 Å². The molecule has 140 valence electrons. The molecule has 2 atom stereocenters. The Balaban J connectivity index is 1.67. The molecule has 2 amide bonds. The summed E-state index contributed by atoms with van der Waals surface area (Å²) in [5.74, 6) is 0.514. The molecule has 0 bridgehead atoms. The number of nitrogens with zero attached hydrogens (tertiary/aromatic N) is 2. The van der Waals surface area contributed by atoms with Gasteiger partial charge < -0.3 is 15.2 Å². The number of aromatic amines is 1. The van der Waals surface area contributed by atoms with Crippen LogP contribution >= 0.6 is 0 Å². The highest BCUT2D eigenvalue weighted by molar-refractivity contribution is 6.08. The lowest BCUT2D eigenvalue weighted by Gasteiger charge is -2.34. The van der Waals surface area contributed by atoms with E-state index in [-0.39, 0.29) is 17.9 Å². The first kappa shape index (κ1) is 16.7. The topological polar surface area (TPSA) is 78.1 Å². The van der Waals surface area contributed by atoms with Crippen LogP contribution in [0.5, 0.6) is 0 Å². The van der Waals surface area contributed by atoms with Crippen LogP contribution in [0.25, 0.3) is 0 Å². The lowest BCUT2D eigenvalue weighted by molar-refractivity contribution is -0.121. The number of aryl methyl sites for hydroxylation is 1. The van der Waals surface area contributed by atoms with Gasteiger partial charge in [-0.05, 0) is 30.5 Å². The van der Waals surface area contributed by atoms with Crippen LogP contribution in [0.4, 0.5) is 5.69 Å². The lowest BCUT2D eigenvalue weighted by Crippen LogP contribution is -2.42. The molecule has 6 nitrogen and oxygen atoms in total. The molecule has 2 aliphatic rings. The molecule has 3 heterocycles. The predicted octanol–water partition coefficient (Wildman–Crippen LogP) is 3.20. The Morgan fingerprint density at radius 2 is 1.89 bits per heavy atom. The van der Waals surface area contributed by atoms with E-state index in [2.05, 4.69) is 15.3 Å². The molecule has 2 aromatic carbocycles. The molecule has 1 saturated heterocycles. The van der Waals surface area contributed by atoms with E-state index in [1.807, 2.05) is 66.4 Å². The molecule has 2 unspecified atom stereocenters. The van der Waals surface area contributed by atoms with Crippen LogP contribution in [0.15, 0.2) is 60.8 Å². The second-order valence-electron chi connectivity index (χ2n) is 7.42. The fourth-order valence-corrected chi connectivity index (χ4v) is 4.69. The number of carbonyl (C=O) groups excluding carboxylic acids is 2. The van der Waals surface area contributed by atoms with Crippen molar-refractivity contribution in [1.29, 1.82) is 0 Å². The molecule has 0 aliphatic carbocycles. The standard InChI is InChI=1S/C22H20N4O2/c1-14-23-13-18(24-14)20(27)26-12-11-22(19(26)15-7-3-2-4-8-15)16-9-5-6-10-17(16)25-21(22)28/h2-10,13,19H,11-12H2,1H3,(H,23,24)(H,25,28). The van der Waals surface area contributed by atoms with Gasteiger partial charge in [0.05, 0.1) is 12.2 Å². The summed E-state index contributed by atoms with van der Waals surface area (Å²) in [6, 6.07) is 17.2. The zero-order chi connectivity index (χ0) is 19.3. The molecule has 1 aromatic heterocycles. The van der Waals surface area contributed by atoms with Crippen molar-refractivity contribution in [2.75, 3.05) is 11.9 Å². The summed E-state index contributed by atoms with van der Waals surface area (Å²) in [5, 5.41) is 3.04. The van der Waals surface area contributed by atoms with Crippen LogP contribution in [0.1, 0.15) is 39.9 Å². The molecular weight excluding hydrogens is 352 g/mol. The van der Waals surface area contributed by atoms with E-state index in [0.717, 1.165) is 16.8 Å². The normalized spacial score (nSPS) is 23.1. The average molecular weight is 372 g/mol. The van der Waals surface area contributed by atoms with Crippen molar-refractivity contribution in [2.45, 2.75) is 24.8 Å². The lowest BCUT2D eigenvalue weighted by atomic mass is 9.72. The van der Waals surface area contributed by atoms with Crippen LogP contribution in [0.3, 0.4) is 0 Å². The van der Waals surface area contributed by atoms with Crippen LogP contribution in [0.2, 0.25) is 0 Å². The van der Waals surface area contributed by atoms with Crippen molar-refractivity contribution in [1.82, 2.24) is 14.9 Å². The van der Waals surface area contributed by atoms with Gasteiger partial charge in [-0.3, -0.25) is 9.59 Å². The number of amides is 2. The summed E-state index contributed by atoms with van der Waals surface area (Å²) in [6.45, 7) is 2.32.